The monoisotopic (exact) mass is 394 g/mol. The maximum Gasteiger partial charge on any atom is 0.192 e. The number of benzene rings is 3. The van der Waals surface area contributed by atoms with Crippen LogP contribution in [0.2, 0.25) is 0 Å². The normalized spacial score (nSPS) is 13.6. The lowest BCUT2D eigenvalue weighted by atomic mass is 10.0. The first-order valence-electron chi connectivity index (χ1n) is 10.0. The van der Waals surface area contributed by atoms with Gasteiger partial charge in [0.15, 0.2) is 24.1 Å². The number of para-hydroxylation sites is 1. The largest absolute Gasteiger partial charge is 0.470 e. The van der Waals surface area contributed by atoms with Crippen molar-refractivity contribution >= 4 is 17.1 Å². The predicted octanol–water partition coefficient (Wildman–Crippen LogP) is 6.28. The SMILES string of the molecule is Cc1ccc(-c2oc(C)nc2C2=C(c3ccccc3)OCN2c2ccccc2)cc1. The molecule has 0 atom stereocenters. The molecule has 4 aromatic rings. The fourth-order valence-electron chi connectivity index (χ4n) is 3.73. The molecular weight excluding hydrogens is 372 g/mol. The van der Waals surface area contributed by atoms with Crippen molar-refractivity contribution in [2.75, 3.05) is 11.6 Å². The van der Waals surface area contributed by atoms with E-state index in [1.54, 1.807) is 0 Å². The Morgan fingerprint density at radius 2 is 1.43 bits per heavy atom. The van der Waals surface area contributed by atoms with Crippen LogP contribution in [-0.2, 0) is 4.74 Å². The topological polar surface area (TPSA) is 38.5 Å². The van der Waals surface area contributed by atoms with Gasteiger partial charge in [-0.05, 0) is 19.1 Å². The van der Waals surface area contributed by atoms with Crippen molar-refractivity contribution in [3.63, 3.8) is 0 Å². The molecule has 0 spiro atoms. The number of rotatable bonds is 4. The highest BCUT2D eigenvalue weighted by Gasteiger charge is 2.32. The molecule has 1 aliphatic heterocycles. The lowest BCUT2D eigenvalue weighted by Crippen LogP contribution is -2.18. The molecule has 0 bridgehead atoms. The Kier molecular flexibility index (Phi) is 4.60. The smallest absolute Gasteiger partial charge is 0.192 e. The van der Waals surface area contributed by atoms with Crippen molar-refractivity contribution in [1.29, 1.82) is 0 Å². The molecule has 1 aliphatic rings. The maximum absolute atomic E-state index is 6.22. The van der Waals surface area contributed by atoms with Gasteiger partial charge in [-0.2, -0.15) is 0 Å². The summed E-state index contributed by atoms with van der Waals surface area (Å²) >= 11 is 0. The standard InChI is InChI=1S/C26H22N2O2/c1-18-13-15-21(16-14-18)25-23(27-19(2)30-25)24-26(20-9-5-3-6-10-20)29-17-28(24)22-11-7-4-8-12-22/h3-16H,17H2,1-2H3. The quantitative estimate of drug-likeness (QED) is 0.408. The van der Waals surface area contributed by atoms with Gasteiger partial charge in [0.1, 0.15) is 11.4 Å². The summed E-state index contributed by atoms with van der Waals surface area (Å²) in [6.07, 6.45) is 0. The highest BCUT2D eigenvalue weighted by atomic mass is 16.5. The highest BCUT2D eigenvalue weighted by molar-refractivity contribution is 5.98. The Morgan fingerprint density at radius 3 is 2.13 bits per heavy atom. The lowest BCUT2D eigenvalue weighted by Gasteiger charge is -2.19. The van der Waals surface area contributed by atoms with E-state index in [0.717, 1.165) is 39.7 Å². The number of oxazole rings is 1. The minimum Gasteiger partial charge on any atom is -0.470 e. The summed E-state index contributed by atoms with van der Waals surface area (Å²) in [7, 11) is 0. The van der Waals surface area contributed by atoms with Gasteiger partial charge in [-0.15, -0.1) is 0 Å². The Hall–Kier alpha value is -3.79. The molecule has 2 heterocycles. The lowest BCUT2D eigenvalue weighted by molar-refractivity contribution is 0.308. The third-order valence-corrected chi connectivity index (χ3v) is 5.20. The minimum absolute atomic E-state index is 0.419. The Bertz CT molecular complexity index is 1190. The third kappa shape index (κ3) is 3.26. The molecule has 0 fully saturated rings. The van der Waals surface area contributed by atoms with E-state index in [1.165, 1.54) is 5.56 Å². The number of hydrogen-bond acceptors (Lipinski definition) is 4. The van der Waals surface area contributed by atoms with E-state index in [-0.39, 0.29) is 0 Å². The van der Waals surface area contributed by atoms with E-state index in [9.17, 15) is 0 Å². The number of aromatic nitrogens is 1. The van der Waals surface area contributed by atoms with Gasteiger partial charge in [0, 0.05) is 23.7 Å². The Morgan fingerprint density at radius 1 is 0.767 bits per heavy atom. The molecule has 4 heteroatoms. The summed E-state index contributed by atoms with van der Waals surface area (Å²) < 4.78 is 12.3. The van der Waals surface area contributed by atoms with E-state index in [0.29, 0.717) is 12.6 Å². The molecule has 3 aromatic carbocycles. The maximum atomic E-state index is 6.22. The van der Waals surface area contributed by atoms with E-state index in [4.69, 9.17) is 14.1 Å². The molecule has 0 saturated heterocycles. The number of nitrogens with zero attached hydrogens (tertiary/aromatic N) is 2. The van der Waals surface area contributed by atoms with Crippen LogP contribution in [0.25, 0.3) is 22.8 Å². The Labute approximate surface area is 176 Å². The van der Waals surface area contributed by atoms with Gasteiger partial charge in [-0.25, -0.2) is 4.98 Å². The van der Waals surface area contributed by atoms with Gasteiger partial charge in [-0.3, -0.25) is 0 Å². The molecule has 0 unspecified atom stereocenters. The zero-order chi connectivity index (χ0) is 20.5. The first kappa shape index (κ1) is 18.3. The Balaban J connectivity index is 1.73. The van der Waals surface area contributed by atoms with Gasteiger partial charge in [0.2, 0.25) is 0 Å². The van der Waals surface area contributed by atoms with Crippen LogP contribution in [0.15, 0.2) is 89.3 Å². The zero-order valence-electron chi connectivity index (χ0n) is 17.0. The second-order valence-electron chi connectivity index (χ2n) is 7.36. The van der Waals surface area contributed by atoms with Gasteiger partial charge in [-0.1, -0.05) is 78.4 Å². The zero-order valence-corrected chi connectivity index (χ0v) is 17.0. The average Bonchev–Trinajstić information content (AvgIpc) is 3.39. The summed E-state index contributed by atoms with van der Waals surface area (Å²) in [6.45, 7) is 4.38. The van der Waals surface area contributed by atoms with Crippen molar-refractivity contribution in [3.05, 3.63) is 108 Å². The first-order valence-corrected chi connectivity index (χ1v) is 10.0. The summed E-state index contributed by atoms with van der Waals surface area (Å²) in [6, 6.07) is 28.7. The molecule has 1 aromatic heterocycles. The number of anilines is 1. The van der Waals surface area contributed by atoms with Crippen molar-refractivity contribution < 1.29 is 9.15 Å². The summed E-state index contributed by atoms with van der Waals surface area (Å²) in [5, 5.41) is 0. The fourth-order valence-corrected chi connectivity index (χ4v) is 3.73. The van der Waals surface area contributed by atoms with Crippen molar-refractivity contribution in [2.24, 2.45) is 0 Å². The highest BCUT2D eigenvalue weighted by Crippen LogP contribution is 2.42. The van der Waals surface area contributed by atoms with Crippen LogP contribution in [0.5, 0.6) is 0 Å². The first-order chi connectivity index (χ1) is 14.7. The van der Waals surface area contributed by atoms with Crippen molar-refractivity contribution in [2.45, 2.75) is 13.8 Å². The molecule has 30 heavy (non-hydrogen) atoms. The molecule has 0 radical (unpaired) electrons. The molecule has 0 amide bonds. The van der Waals surface area contributed by atoms with Crippen LogP contribution in [-0.4, -0.2) is 11.7 Å². The van der Waals surface area contributed by atoms with Crippen LogP contribution >= 0.6 is 0 Å². The molecular formula is C26H22N2O2. The summed E-state index contributed by atoms with van der Waals surface area (Å²) in [4.78, 5) is 6.95. The van der Waals surface area contributed by atoms with Crippen molar-refractivity contribution in [3.8, 4) is 11.3 Å². The van der Waals surface area contributed by atoms with Crippen LogP contribution in [0.3, 0.4) is 0 Å². The van der Waals surface area contributed by atoms with Crippen LogP contribution in [0.1, 0.15) is 22.7 Å². The molecule has 0 saturated carbocycles. The second-order valence-corrected chi connectivity index (χ2v) is 7.36. The average molecular weight is 394 g/mol. The fraction of sp³-hybridized carbons (Fsp3) is 0.115. The number of hydrogen-bond donors (Lipinski definition) is 0. The number of ether oxygens (including phenoxy) is 1. The second kappa shape index (κ2) is 7.56. The third-order valence-electron chi connectivity index (χ3n) is 5.20. The van der Waals surface area contributed by atoms with Gasteiger partial charge < -0.3 is 14.1 Å². The molecule has 5 rings (SSSR count). The van der Waals surface area contributed by atoms with E-state index < -0.39 is 0 Å². The van der Waals surface area contributed by atoms with Gasteiger partial charge in [0.25, 0.3) is 0 Å². The van der Waals surface area contributed by atoms with Crippen LogP contribution < -0.4 is 4.90 Å². The van der Waals surface area contributed by atoms with E-state index >= 15 is 0 Å². The predicted molar refractivity (Wildman–Crippen MR) is 120 cm³/mol. The molecule has 4 nitrogen and oxygen atoms in total. The van der Waals surface area contributed by atoms with E-state index in [1.807, 2.05) is 43.3 Å². The van der Waals surface area contributed by atoms with Gasteiger partial charge >= 0.3 is 0 Å². The summed E-state index contributed by atoms with van der Waals surface area (Å²) in [5.41, 5.74) is 5.97. The molecule has 0 N–H and O–H groups in total. The van der Waals surface area contributed by atoms with E-state index in [2.05, 4.69) is 60.4 Å². The number of aryl methyl sites for hydroxylation is 2. The molecule has 0 aliphatic carbocycles. The van der Waals surface area contributed by atoms with Gasteiger partial charge in [0.05, 0.1) is 0 Å². The van der Waals surface area contributed by atoms with Crippen LogP contribution in [0, 0.1) is 13.8 Å². The van der Waals surface area contributed by atoms with Crippen molar-refractivity contribution in [1.82, 2.24) is 4.98 Å². The van der Waals surface area contributed by atoms with Crippen LogP contribution in [0.4, 0.5) is 5.69 Å². The molecule has 148 valence electrons. The minimum atomic E-state index is 0.419. The summed E-state index contributed by atoms with van der Waals surface area (Å²) in [5.74, 6) is 2.18.